The molecule has 0 saturated heterocycles. The first-order chi connectivity index (χ1) is 15.9. The Kier molecular flexibility index (Phi) is 6.90. The van der Waals surface area contributed by atoms with Gasteiger partial charge in [0.25, 0.3) is 5.91 Å². The van der Waals surface area contributed by atoms with Gasteiger partial charge in [-0.3, -0.25) is 9.59 Å². The number of rotatable bonds is 7. The summed E-state index contributed by atoms with van der Waals surface area (Å²) in [7, 11) is 1.89. The molecule has 168 valence electrons. The fourth-order valence-electron chi connectivity index (χ4n) is 3.17. The number of anilines is 2. The summed E-state index contributed by atoms with van der Waals surface area (Å²) >= 11 is 2.93. The maximum atomic E-state index is 12.5. The predicted octanol–water partition coefficient (Wildman–Crippen LogP) is 5.14. The molecule has 2 amide bonds. The Morgan fingerprint density at radius 3 is 2.52 bits per heavy atom. The van der Waals surface area contributed by atoms with Crippen LogP contribution in [0.15, 0.2) is 65.1 Å². The van der Waals surface area contributed by atoms with Gasteiger partial charge in [-0.1, -0.05) is 35.5 Å². The van der Waals surface area contributed by atoms with Crippen LogP contribution in [-0.4, -0.2) is 32.3 Å². The van der Waals surface area contributed by atoms with Crippen LogP contribution in [0.3, 0.4) is 0 Å². The molecule has 33 heavy (non-hydrogen) atoms. The van der Waals surface area contributed by atoms with E-state index in [0.29, 0.717) is 22.1 Å². The second-order valence-corrected chi connectivity index (χ2v) is 9.42. The lowest BCUT2D eigenvalue weighted by atomic mass is 10.1. The number of benzene rings is 2. The molecule has 0 spiro atoms. The van der Waals surface area contributed by atoms with Gasteiger partial charge in [-0.25, -0.2) is 0 Å². The molecule has 0 radical (unpaired) electrons. The molecular formula is C24H23N5O2S2. The lowest BCUT2D eigenvalue weighted by Crippen LogP contribution is -2.16. The van der Waals surface area contributed by atoms with Crippen molar-refractivity contribution in [3.8, 4) is 10.7 Å². The largest absolute Gasteiger partial charge is 0.325 e. The van der Waals surface area contributed by atoms with E-state index in [1.54, 1.807) is 35.6 Å². The van der Waals surface area contributed by atoms with E-state index in [2.05, 4.69) is 20.8 Å². The van der Waals surface area contributed by atoms with Gasteiger partial charge in [0.05, 0.1) is 10.6 Å². The molecule has 2 aromatic heterocycles. The first-order valence-corrected chi connectivity index (χ1v) is 12.1. The zero-order chi connectivity index (χ0) is 23.4. The zero-order valence-corrected chi connectivity index (χ0v) is 20.1. The third-order valence-electron chi connectivity index (χ3n) is 4.98. The van der Waals surface area contributed by atoms with Crippen molar-refractivity contribution in [1.29, 1.82) is 0 Å². The Bertz CT molecular complexity index is 1280. The maximum absolute atomic E-state index is 12.5. The summed E-state index contributed by atoms with van der Waals surface area (Å²) in [5, 5.41) is 16.9. The molecule has 0 fully saturated rings. The van der Waals surface area contributed by atoms with Gasteiger partial charge in [-0.15, -0.1) is 21.5 Å². The Labute approximate surface area is 200 Å². The molecule has 4 aromatic rings. The van der Waals surface area contributed by atoms with Gasteiger partial charge >= 0.3 is 0 Å². The van der Waals surface area contributed by atoms with E-state index in [0.717, 1.165) is 21.8 Å². The van der Waals surface area contributed by atoms with Crippen molar-refractivity contribution < 1.29 is 9.59 Å². The number of thiophene rings is 1. The molecule has 0 aliphatic rings. The molecular weight excluding hydrogens is 454 g/mol. The average Bonchev–Trinajstić information content (AvgIpc) is 3.44. The van der Waals surface area contributed by atoms with Crippen molar-refractivity contribution in [3.63, 3.8) is 0 Å². The van der Waals surface area contributed by atoms with Crippen LogP contribution in [-0.2, 0) is 11.8 Å². The molecule has 2 aromatic carbocycles. The highest BCUT2D eigenvalue weighted by atomic mass is 32.2. The minimum atomic E-state index is -0.173. The van der Waals surface area contributed by atoms with Crippen LogP contribution in [0, 0.1) is 13.8 Å². The van der Waals surface area contributed by atoms with Crippen molar-refractivity contribution in [2.75, 3.05) is 16.4 Å². The fourth-order valence-corrected chi connectivity index (χ4v) is 4.62. The molecule has 4 rings (SSSR count). The van der Waals surface area contributed by atoms with Crippen LogP contribution >= 0.6 is 23.1 Å². The van der Waals surface area contributed by atoms with Crippen LogP contribution in [0.25, 0.3) is 10.7 Å². The van der Waals surface area contributed by atoms with Gasteiger partial charge in [0.15, 0.2) is 11.0 Å². The molecule has 0 atom stereocenters. The van der Waals surface area contributed by atoms with Gasteiger partial charge < -0.3 is 15.2 Å². The normalized spacial score (nSPS) is 10.8. The Morgan fingerprint density at radius 2 is 1.82 bits per heavy atom. The monoisotopic (exact) mass is 477 g/mol. The Morgan fingerprint density at radius 1 is 1.03 bits per heavy atom. The molecule has 2 heterocycles. The number of nitrogens with one attached hydrogen (secondary N) is 2. The lowest BCUT2D eigenvalue weighted by Gasteiger charge is -2.11. The smallest absolute Gasteiger partial charge is 0.255 e. The number of aromatic nitrogens is 3. The van der Waals surface area contributed by atoms with E-state index in [9.17, 15) is 9.59 Å². The molecule has 9 heteroatoms. The van der Waals surface area contributed by atoms with Crippen molar-refractivity contribution in [3.05, 3.63) is 76.7 Å². The number of amides is 2. The number of nitrogens with zero attached hydrogens (tertiary/aromatic N) is 3. The number of hydrogen-bond acceptors (Lipinski definition) is 6. The van der Waals surface area contributed by atoms with E-state index in [1.807, 2.05) is 61.2 Å². The molecule has 7 nitrogen and oxygen atoms in total. The van der Waals surface area contributed by atoms with E-state index >= 15 is 0 Å². The molecule has 0 unspecified atom stereocenters. The number of carbonyl (C=O) groups is 2. The second-order valence-electron chi connectivity index (χ2n) is 7.53. The standard InChI is InChI=1S/C24H23N5O2S2/c1-15-6-8-17(9-7-15)23(31)25-18-10-11-19(16(2)13-18)26-21(30)14-33-24-28-27-22(29(24)3)20-5-4-12-32-20/h4-13H,14H2,1-3H3,(H,25,31)(H,26,30). The molecule has 0 bridgehead atoms. The summed E-state index contributed by atoms with van der Waals surface area (Å²) in [6.07, 6.45) is 0. The number of thioether (sulfide) groups is 1. The second kappa shape index (κ2) is 10.0. The van der Waals surface area contributed by atoms with Crippen LogP contribution in [0.1, 0.15) is 21.5 Å². The maximum Gasteiger partial charge on any atom is 0.255 e. The van der Waals surface area contributed by atoms with Crippen LogP contribution in [0.4, 0.5) is 11.4 Å². The zero-order valence-electron chi connectivity index (χ0n) is 18.5. The Hall–Kier alpha value is -3.43. The first-order valence-electron chi connectivity index (χ1n) is 10.3. The Balaban J connectivity index is 1.34. The molecule has 0 aliphatic heterocycles. The number of hydrogen-bond donors (Lipinski definition) is 2. The third-order valence-corrected chi connectivity index (χ3v) is 6.87. The van der Waals surface area contributed by atoms with Crippen molar-refractivity contribution >= 4 is 46.3 Å². The van der Waals surface area contributed by atoms with Gasteiger partial charge in [0, 0.05) is 24.0 Å². The van der Waals surface area contributed by atoms with Crippen molar-refractivity contribution in [2.45, 2.75) is 19.0 Å². The topological polar surface area (TPSA) is 88.9 Å². The summed E-state index contributed by atoms with van der Waals surface area (Å²) in [6.45, 7) is 3.87. The number of carbonyl (C=O) groups excluding carboxylic acids is 2. The summed E-state index contributed by atoms with van der Waals surface area (Å²) in [4.78, 5) is 26.0. The first kappa shape index (κ1) is 22.8. The third kappa shape index (κ3) is 5.50. The van der Waals surface area contributed by atoms with Crippen LogP contribution in [0.2, 0.25) is 0 Å². The summed E-state index contributed by atoms with van der Waals surface area (Å²) in [5.41, 5.74) is 3.92. The van der Waals surface area contributed by atoms with Crippen molar-refractivity contribution in [1.82, 2.24) is 14.8 Å². The van der Waals surface area contributed by atoms with E-state index in [4.69, 9.17) is 0 Å². The average molecular weight is 478 g/mol. The van der Waals surface area contributed by atoms with Gasteiger partial charge in [-0.05, 0) is 61.2 Å². The van der Waals surface area contributed by atoms with Gasteiger partial charge in [-0.2, -0.15) is 0 Å². The van der Waals surface area contributed by atoms with E-state index in [1.165, 1.54) is 11.8 Å². The van der Waals surface area contributed by atoms with E-state index in [-0.39, 0.29) is 17.6 Å². The van der Waals surface area contributed by atoms with Crippen LogP contribution in [0.5, 0.6) is 0 Å². The quantitative estimate of drug-likeness (QED) is 0.360. The lowest BCUT2D eigenvalue weighted by molar-refractivity contribution is -0.113. The van der Waals surface area contributed by atoms with Crippen molar-refractivity contribution in [2.24, 2.45) is 7.05 Å². The minimum Gasteiger partial charge on any atom is -0.325 e. The molecule has 0 aliphatic carbocycles. The molecule has 0 saturated carbocycles. The highest BCUT2D eigenvalue weighted by Gasteiger charge is 2.14. The highest BCUT2D eigenvalue weighted by molar-refractivity contribution is 7.99. The predicted molar refractivity (Wildman–Crippen MR) is 134 cm³/mol. The highest BCUT2D eigenvalue weighted by Crippen LogP contribution is 2.26. The fraction of sp³-hybridized carbons (Fsp3) is 0.167. The number of aryl methyl sites for hydroxylation is 2. The molecule has 2 N–H and O–H groups in total. The summed E-state index contributed by atoms with van der Waals surface area (Å²) < 4.78 is 1.89. The summed E-state index contributed by atoms with van der Waals surface area (Å²) in [6, 6.07) is 16.8. The minimum absolute atomic E-state index is 0.139. The van der Waals surface area contributed by atoms with Gasteiger partial charge in [0.1, 0.15) is 0 Å². The van der Waals surface area contributed by atoms with Gasteiger partial charge in [0.2, 0.25) is 5.91 Å². The summed E-state index contributed by atoms with van der Waals surface area (Å²) in [5.74, 6) is 0.683. The van der Waals surface area contributed by atoms with E-state index < -0.39 is 0 Å². The SMILES string of the molecule is Cc1ccc(C(=O)Nc2ccc(NC(=O)CSc3nnc(-c4cccs4)n3C)c(C)c2)cc1. The van der Waals surface area contributed by atoms with Crippen LogP contribution < -0.4 is 10.6 Å².